The largest absolute Gasteiger partial charge is 0.493 e. The van der Waals surface area contributed by atoms with Crippen LogP contribution in [0.1, 0.15) is 28.8 Å². The Kier molecular flexibility index (Phi) is 6.86. The number of carbonyl (C=O) groups excluding carboxylic acids is 1. The molecule has 29 heavy (non-hydrogen) atoms. The van der Waals surface area contributed by atoms with Crippen LogP contribution in [0, 0.1) is 12.8 Å². The Morgan fingerprint density at radius 3 is 2.07 bits per heavy atom. The van der Waals surface area contributed by atoms with Crippen molar-refractivity contribution in [3.05, 3.63) is 47.5 Å². The Balaban J connectivity index is 1.59. The Morgan fingerprint density at radius 2 is 1.55 bits per heavy atom. The molecular formula is C23H29NO5. The van der Waals surface area contributed by atoms with Gasteiger partial charge in [-0.1, -0.05) is 17.7 Å². The number of methoxy groups -OCH3 is 3. The van der Waals surface area contributed by atoms with Crippen molar-refractivity contribution in [3.63, 3.8) is 0 Å². The van der Waals surface area contributed by atoms with Crippen molar-refractivity contribution in [2.45, 2.75) is 19.8 Å². The number of aryl methyl sites for hydroxylation is 1. The summed E-state index contributed by atoms with van der Waals surface area (Å²) in [6.07, 6.45) is 1.84. The minimum Gasteiger partial charge on any atom is -0.493 e. The van der Waals surface area contributed by atoms with E-state index in [4.69, 9.17) is 18.9 Å². The summed E-state index contributed by atoms with van der Waals surface area (Å²) < 4.78 is 22.0. The highest BCUT2D eigenvalue weighted by Gasteiger charge is 2.26. The quantitative estimate of drug-likeness (QED) is 0.706. The second kappa shape index (κ2) is 9.54. The molecule has 1 aliphatic heterocycles. The van der Waals surface area contributed by atoms with Gasteiger partial charge in [0, 0.05) is 18.7 Å². The fourth-order valence-electron chi connectivity index (χ4n) is 3.54. The molecule has 2 aromatic carbocycles. The molecule has 0 radical (unpaired) electrons. The second-order valence-electron chi connectivity index (χ2n) is 7.27. The highest BCUT2D eigenvalue weighted by Crippen LogP contribution is 2.38. The summed E-state index contributed by atoms with van der Waals surface area (Å²) in [5, 5.41) is 0. The van der Waals surface area contributed by atoms with Crippen LogP contribution in [0.25, 0.3) is 0 Å². The number of hydrogen-bond donors (Lipinski definition) is 0. The number of ether oxygens (including phenoxy) is 4. The van der Waals surface area contributed by atoms with Crippen molar-refractivity contribution in [3.8, 4) is 23.0 Å². The van der Waals surface area contributed by atoms with Gasteiger partial charge in [0.25, 0.3) is 5.91 Å². The van der Waals surface area contributed by atoms with Crippen LogP contribution in [0.15, 0.2) is 36.4 Å². The minimum absolute atomic E-state index is 0.0258. The Bertz CT molecular complexity index is 801. The number of piperidine rings is 1. The Hall–Kier alpha value is -2.89. The molecule has 1 saturated heterocycles. The van der Waals surface area contributed by atoms with Gasteiger partial charge < -0.3 is 23.8 Å². The molecule has 0 aliphatic carbocycles. The van der Waals surface area contributed by atoms with Gasteiger partial charge in [-0.3, -0.25) is 4.79 Å². The lowest BCUT2D eigenvalue weighted by Gasteiger charge is -2.32. The molecule has 1 amide bonds. The highest BCUT2D eigenvalue weighted by molar-refractivity contribution is 5.95. The summed E-state index contributed by atoms with van der Waals surface area (Å²) in [6.45, 7) is 4.15. The number of amides is 1. The minimum atomic E-state index is -0.0258. The summed E-state index contributed by atoms with van der Waals surface area (Å²) in [7, 11) is 4.64. The number of carbonyl (C=O) groups is 1. The first-order valence-corrected chi connectivity index (χ1v) is 9.84. The van der Waals surface area contributed by atoms with Gasteiger partial charge in [0.1, 0.15) is 5.75 Å². The molecule has 0 saturated carbocycles. The molecule has 156 valence electrons. The third-order valence-electron chi connectivity index (χ3n) is 5.32. The normalized spacial score (nSPS) is 14.4. The van der Waals surface area contributed by atoms with Crippen LogP contribution in [0.5, 0.6) is 23.0 Å². The number of nitrogens with zero attached hydrogens (tertiary/aromatic N) is 1. The smallest absolute Gasteiger partial charge is 0.254 e. The topological polar surface area (TPSA) is 57.2 Å². The van der Waals surface area contributed by atoms with Gasteiger partial charge in [-0.2, -0.15) is 0 Å². The van der Waals surface area contributed by atoms with E-state index in [1.54, 1.807) is 33.5 Å². The third kappa shape index (κ3) is 4.94. The van der Waals surface area contributed by atoms with Gasteiger partial charge in [-0.15, -0.1) is 0 Å². The van der Waals surface area contributed by atoms with Crippen LogP contribution in [-0.2, 0) is 0 Å². The molecule has 0 unspecified atom stereocenters. The van der Waals surface area contributed by atoms with Crippen molar-refractivity contribution < 1.29 is 23.7 Å². The molecule has 2 aromatic rings. The number of hydrogen-bond acceptors (Lipinski definition) is 5. The average molecular weight is 399 g/mol. The molecule has 0 bridgehead atoms. The van der Waals surface area contributed by atoms with E-state index < -0.39 is 0 Å². The lowest BCUT2D eigenvalue weighted by atomic mass is 9.97. The maximum atomic E-state index is 13.0. The van der Waals surface area contributed by atoms with Crippen LogP contribution in [-0.4, -0.2) is 51.8 Å². The molecule has 0 spiro atoms. The average Bonchev–Trinajstić information content (AvgIpc) is 2.77. The van der Waals surface area contributed by atoms with E-state index in [9.17, 15) is 4.79 Å². The second-order valence-corrected chi connectivity index (χ2v) is 7.27. The Labute approximate surface area is 172 Å². The van der Waals surface area contributed by atoms with Crippen molar-refractivity contribution >= 4 is 5.91 Å². The molecule has 0 N–H and O–H groups in total. The molecule has 3 rings (SSSR count). The molecular weight excluding hydrogens is 370 g/mol. The standard InChI is InChI=1S/C23H29NO5/c1-16-5-7-19(8-6-16)29-15-17-9-11-24(12-10-17)23(25)18-13-20(26-2)22(28-4)21(14-18)27-3/h5-8,13-14,17H,9-12,15H2,1-4H3. The summed E-state index contributed by atoms with van der Waals surface area (Å²) in [5.74, 6) is 2.76. The van der Waals surface area contributed by atoms with E-state index >= 15 is 0 Å². The van der Waals surface area contributed by atoms with Gasteiger partial charge in [0.2, 0.25) is 5.75 Å². The predicted molar refractivity (Wildman–Crippen MR) is 111 cm³/mol. The van der Waals surface area contributed by atoms with E-state index in [2.05, 4.69) is 6.92 Å². The fraction of sp³-hybridized carbons (Fsp3) is 0.435. The summed E-state index contributed by atoms with van der Waals surface area (Å²) in [6, 6.07) is 11.5. The molecule has 1 aliphatic rings. The van der Waals surface area contributed by atoms with Crippen LogP contribution < -0.4 is 18.9 Å². The number of rotatable bonds is 7. The third-order valence-corrected chi connectivity index (χ3v) is 5.32. The predicted octanol–water partition coefficient (Wildman–Crippen LogP) is 3.95. The van der Waals surface area contributed by atoms with Crippen LogP contribution in [0.4, 0.5) is 0 Å². The van der Waals surface area contributed by atoms with E-state index in [-0.39, 0.29) is 5.91 Å². The van der Waals surface area contributed by atoms with Gasteiger partial charge in [-0.25, -0.2) is 0 Å². The SMILES string of the molecule is COc1cc(C(=O)N2CCC(COc3ccc(C)cc3)CC2)cc(OC)c1OC. The zero-order valence-corrected chi connectivity index (χ0v) is 17.6. The molecule has 1 fully saturated rings. The highest BCUT2D eigenvalue weighted by atomic mass is 16.5. The van der Waals surface area contributed by atoms with Crippen molar-refractivity contribution in [2.24, 2.45) is 5.92 Å². The van der Waals surface area contributed by atoms with Crippen LogP contribution in [0.3, 0.4) is 0 Å². The van der Waals surface area contributed by atoms with Crippen LogP contribution >= 0.6 is 0 Å². The van der Waals surface area contributed by atoms with Gasteiger partial charge in [0.05, 0.1) is 27.9 Å². The van der Waals surface area contributed by atoms with Gasteiger partial charge in [0.15, 0.2) is 11.5 Å². The molecule has 6 heteroatoms. The first-order chi connectivity index (χ1) is 14.0. The zero-order valence-electron chi connectivity index (χ0n) is 17.6. The first kappa shape index (κ1) is 20.8. The van der Waals surface area contributed by atoms with Gasteiger partial charge >= 0.3 is 0 Å². The van der Waals surface area contributed by atoms with Crippen LogP contribution in [0.2, 0.25) is 0 Å². The van der Waals surface area contributed by atoms with E-state index in [1.165, 1.54) is 5.56 Å². The maximum Gasteiger partial charge on any atom is 0.254 e. The van der Waals surface area contributed by atoms with Crippen molar-refractivity contribution in [2.75, 3.05) is 41.0 Å². The van der Waals surface area contributed by atoms with E-state index in [1.807, 2.05) is 29.2 Å². The summed E-state index contributed by atoms with van der Waals surface area (Å²) in [5.41, 5.74) is 1.75. The van der Waals surface area contributed by atoms with E-state index in [0.717, 1.165) is 18.6 Å². The van der Waals surface area contributed by atoms with Crippen molar-refractivity contribution in [1.82, 2.24) is 4.90 Å². The monoisotopic (exact) mass is 399 g/mol. The summed E-state index contributed by atoms with van der Waals surface area (Å²) >= 11 is 0. The van der Waals surface area contributed by atoms with E-state index in [0.29, 0.717) is 48.4 Å². The molecule has 1 heterocycles. The lowest BCUT2D eigenvalue weighted by Crippen LogP contribution is -2.39. The van der Waals surface area contributed by atoms with Gasteiger partial charge in [-0.05, 0) is 49.9 Å². The molecule has 0 aromatic heterocycles. The first-order valence-electron chi connectivity index (χ1n) is 9.84. The Morgan fingerprint density at radius 1 is 0.966 bits per heavy atom. The fourth-order valence-corrected chi connectivity index (χ4v) is 3.54. The lowest BCUT2D eigenvalue weighted by molar-refractivity contribution is 0.0660. The molecule has 0 atom stereocenters. The maximum absolute atomic E-state index is 13.0. The summed E-state index contributed by atoms with van der Waals surface area (Å²) in [4.78, 5) is 14.9. The molecule has 6 nitrogen and oxygen atoms in total. The zero-order chi connectivity index (χ0) is 20.8. The number of likely N-dealkylation sites (tertiary alicyclic amines) is 1. The number of benzene rings is 2. The van der Waals surface area contributed by atoms with Crippen molar-refractivity contribution in [1.29, 1.82) is 0 Å².